The van der Waals surface area contributed by atoms with Gasteiger partial charge in [0, 0.05) is 11.5 Å². The van der Waals surface area contributed by atoms with Crippen LogP contribution >= 0.6 is 0 Å². The van der Waals surface area contributed by atoms with Gasteiger partial charge in [-0.15, -0.1) is 0 Å². The summed E-state index contributed by atoms with van der Waals surface area (Å²) in [5, 5.41) is 0. The lowest BCUT2D eigenvalue weighted by Gasteiger charge is -2.13. The highest BCUT2D eigenvalue weighted by molar-refractivity contribution is 5.98. The standard InChI is InChI=1S/C14H18O2/c1-10-4-3-5-13(10)14(15)11-6-8-12(16-2)9-7-11/h6-10,13H,3-5H2,1-2H3. The average molecular weight is 218 g/mol. The van der Waals surface area contributed by atoms with Crippen LogP contribution in [0.5, 0.6) is 5.75 Å². The molecule has 2 rings (SSSR count). The molecule has 2 heteroatoms. The predicted octanol–water partition coefficient (Wildman–Crippen LogP) is 3.31. The third-order valence-electron chi connectivity index (χ3n) is 3.57. The van der Waals surface area contributed by atoms with Gasteiger partial charge in [-0.05, 0) is 43.0 Å². The maximum Gasteiger partial charge on any atom is 0.166 e. The summed E-state index contributed by atoms with van der Waals surface area (Å²) in [7, 11) is 1.63. The zero-order valence-corrected chi connectivity index (χ0v) is 9.90. The van der Waals surface area contributed by atoms with Crippen molar-refractivity contribution >= 4 is 5.78 Å². The molecule has 0 saturated heterocycles. The quantitative estimate of drug-likeness (QED) is 0.727. The molecule has 2 unspecified atom stereocenters. The van der Waals surface area contributed by atoms with Crippen molar-refractivity contribution in [2.45, 2.75) is 26.2 Å². The molecule has 0 aliphatic heterocycles. The first-order valence-corrected chi connectivity index (χ1v) is 5.90. The van der Waals surface area contributed by atoms with Crippen molar-refractivity contribution in [1.29, 1.82) is 0 Å². The predicted molar refractivity (Wildman–Crippen MR) is 63.8 cm³/mol. The number of hydrogen-bond donors (Lipinski definition) is 0. The Bertz CT molecular complexity index is 367. The van der Waals surface area contributed by atoms with Crippen molar-refractivity contribution in [3.05, 3.63) is 29.8 Å². The van der Waals surface area contributed by atoms with Crippen molar-refractivity contribution in [1.82, 2.24) is 0 Å². The summed E-state index contributed by atoms with van der Waals surface area (Å²) in [4.78, 5) is 12.2. The zero-order chi connectivity index (χ0) is 11.5. The molecule has 16 heavy (non-hydrogen) atoms. The molecule has 1 aliphatic rings. The molecule has 0 N–H and O–H groups in total. The molecule has 1 saturated carbocycles. The van der Waals surface area contributed by atoms with Gasteiger partial charge < -0.3 is 4.74 Å². The van der Waals surface area contributed by atoms with E-state index in [1.54, 1.807) is 7.11 Å². The van der Waals surface area contributed by atoms with Gasteiger partial charge in [0.15, 0.2) is 5.78 Å². The zero-order valence-electron chi connectivity index (χ0n) is 9.90. The van der Waals surface area contributed by atoms with Crippen LogP contribution < -0.4 is 4.74 Å². The first-order valence-electron chi connectivity index (χ1n) is 5.90. The van der Waals surface area contributed by atoms with Gasteiger partial charge in [0.25, 0.3) is 0 Å². The van der Waals surface area contributed by atoms with E-state index in [0.29, 0.717) is 11.7 Å². The lowest BCUT2D eigenvalue weighted by atomic mass is 9.90. The van der Waals surface area contributed by atoms with E-state index >= 15 is 0 Å². The van der Waals surface area contributed by atoms with E-state index in [2.05, 4.69) is 6.92 Å². The Morgan fingerprint density at radius 3 is 2.44 bits per heavy atom. The Balaban J connectivity index is 2.14. The van der Waals surface area contributed by atoms with Crippen LogP contribution in [0.1, 0.15) is 36.5 Å². The fourth-order valence-electron chi connectivity index (χ4n) is 2.50. The van der Waals surface area contributed by atoms with Gasteiger partial charge in [-0.2, -0.15) is 0 Å². The Morgan fingerprint density at radius 1 is 1.25 bits per heavy atom. The molecular weight excluding hydrogens is 200 g/mol. The minimum atomic E-state index is 0.230. The molecule has 2 nitrogen and oxygen atoms in total. The van der Waals surface area contributed by atoms with Gasteiger partial charge >= 0.3 is 0 Å². The van der Waals surface area contributed by atoms with Gasteiger partial charge in [-0.3, -0.25) is 4.79 Å². The molecule has 0 aromatic heterocycles. The molecule has 0 amide bonds. The third-order valence-corrected chi connectivity index (χ3v) is 3.57. The number of methoxy groups -OCH3 is 1. The number of carbonyl (C=O) groups is 1. The molecule has 0 radical (unpaired) electrons. The smallest absolute Gasteiger partial charge is 0.166 e. The number of rotatable bonds is 3. The fraction of sp³-hybridized carbons (Fsp3) is 0.500. The summed E-state index contributed by atoms with van der Waals surface area (Å²) >= 11 is 0. The second kappa shape index (κ2) is 4.69. The molecule has 86 valence electrons. The lowest BCUT2D eigenvalue weighted by molar-refractivity contribution is 0.0897. The molecule has 1 aliphatic carbocycles. The summed E-state index contributed by atoms with van der Waals surface area (Å²) in [5.41, 5.74) is 0.819. The van der Waals surface area contributed by atoms with Crippen molar-refractivity contribution < 1.29 is 9.53 Å². The maximum absolute atomic E-state index is 12.2. The topological polar surface area (TPSA) is 26.3 Å². The fourth-order valence-corrected chi connectivity index (χ4v) is 2.50. The minimum absolute atomic E-state index is 0.230. The van der Waals surface area contributed by atoms with Crippen molar-refractivity contribution in [3.8, 4) is 5.75 Å². The normalized spacial score (nSPS) is 24.4. The van der Waals surface area contributed by atoms with Crippen LogP contribution in [0, 0.1) is 11.8 Å². The van der Waals surface area contributed by atoms with Crippen LogP contribution in [0.4, 0.5) is 0 Å². The van der Waals surface area contributed by atoms with Gasteiger partial charge in [0.2, 0.25) is 0 Å². The number of hydrogen-bond acceptors (Lipinski definition) is 2. The Kier molecular flexibility index (Phi) is 3.28. The maximum atomic E-state index is 12.2. The third kappa shape index (κ3) is 2.11. The highest BCUT2D eigenvalue weighted by Crippen LogP contribution is 2.33. The number of benzene rings is 1. The average Bonchev–Trinajstić information content (AvgIpc) is 2.75. The largest absolute Gasteiger partial charge is 0.497 e. The van der Waals surface area contributed by atoms with E-state index < -0.39 is 0 Å². The van der Waals surface area contributed by atoms with E-state index in [4.69, 9.17) is 4.74 Å². The van der Waals surface area contributed by atoms with E-state index in [-0.39, 0.29) is 5.92 Å². The summed E-state index contributed by atoms with van der Waals surface area (Å²) in [6.45, 7) is 2.18. The number of Topliss-reactive ketones (excluding diaryl/α,β-unsaturated/α-hetero) is 1. The second-order valence-corrected chi connectivity index (χ2v) is 4.61. The van der Waals surface area contributed by atoms with Gasteiger partial charge in [-0.1, -0.05) is 13.3 Å². The van der Waals surface area contributed by atoms with Crippen molar-refractivity contribution in [2.24, 2.45) is 11.8 Å². The summed E-state index contributed by atoms with van der Waals surface area (Å²) < 4.78 is 5.08. The van der Waals surface area contributed by atoms with Crippen LogP contribution in [0.15, 0.2) is 24.3 Å². The highest BCUT2D eigenvalue weighted by atomic mass is 16.5. The molecule has 1 fully saturated rings. The minimum Gasteiger partial charge on any atom is -0.497 e. The van der Waals surface area contributed by atoms with Crippen LogP contribution in [0.3, 0.4) is 0 Å². The first kappa shape index (κ1) is 11.2. The van der Waals surface area contributed by atoms with Gasteiger partial charge in [0.05, 0.1) is 7.11 Å². The van der Waals surface area contributed by atoms with E-state index in [0.717, 1.165) is 17.7 Å². The van der Waals surface area contributed by atoms with Crippen LogP contribution in [-0.2, 0) is 0 Å². The number of carbonyl (C=O) groups excluding carboxylic acids is 1. The first-order chi connectivity index (χ1) is 7.72. The Hall–Kier alpha value is -1.31. The van der Waals surface area contributed by atoms with Gasteiger partial charge in [0.1, 0.15) is 5.75 Å². The Morgan fingerprint density at radius 2 is 1.94 bits per heavy atom. The van der Waals surface area contributed by atoms with E-state index in [1.165, 1.54) is 12.8 Å². The molecule has 2 atom stereocenters. The summed E-state index contributed by atoms with van der Waals surface area (Å²) in [5.74, 6) is 1.87. The monoisotopic (exact) mass is 218 g/mol. The van der Waals surface area contributed by atoms with Crippen LogP contribution in [-0.4, -0.2) is 12.9 Å². The molecule has 0 heterocycles. The lowest BCUT2D eigenvalue weighted by Crippen LogP contribution is -2.16. The molecule has 1 aromatic rings. The number of ether oxygens (including phenoxy) is 1. The molecule has 1 aromatic carbocycles. The summed E-state index contributed by atoms with van der Waals surface area (Å²) in [6.07, 6.45) is 3.42. The number of ketones is 1. The van der Waals surface area contributed by atoms with Crippen molar-refractivity contribution in [2.75, 3.05) is 7.11 Å². The van der Waals surface area contributed by atoms with Gasteiger partial charge in [-0.25, -0.2) is 0 Å². The van der Waals surface area contributed by atoms with Crippen molar-refractivity contribution in [3.63, 3.8) is 0 Å². The Labute approximate surface area is 96.6 Å². The van der Waals surface area contributed by atoms with E-state index in [9.17, 15) is 4.79 Å². The second-order valence-electron chi connectivity index (χ2n) is 4.61. The highest BCUT2D eigenvalue weighted by Gasteiger charge is 2.30. The molecule has 0 bridgehead atoms. The van der Waals surface area contributed by atoms with E-state index in [1.807, 2.05) is 24.3 Å². The summed E-state index contributed by atoms with van der Waals surface area (Å²) in [6, 6.07) is 7.44. The molecule has 0 spiro atoms. The SMILES string of the molecule is COc1ccc(C(=O)C2CCCC2C)cc1. The molecular formula is C14H18O2. The van der Waals surface area contributed by atoms with Crippen LogP contribution in [0.25, 0.3) is 0 Å². The van der Waals surface area contributed by atoms with Crippen LogP contribution in [0.2, 0.25) is 0 Å².